The number of thiophene rings is 1. The van der Waals surface area contributed by atoms with E-state index in [1.165, 1.54) is 11.3 Å². The molecule has 4 heteroatoms. The fourth-order valence-electron chi connectivity index (χ4n) is 1.82. The molecule has 0 aliphatic carbocycles. The lowest BCUT2D eigenvalue weighted by molar-refractivity contribution is 0.0337. The Morgan fingerprint density at radius 1 is 1.37 bits per heavy atom. The Hall–Kier alpha value is -0.420. The first-order valence-corrected chi connectivity index (χ1v) is 8.00. The van der Waals surface area contributed by atoms with Crippen molar-refractivity contribution >= 4 is 11.3 Å². The Bertz CT molecular complexity index is 314. The number of nitrogens with one attached hydrogen (secondary N) is 1. The van der Waals surface area contributed by atoms with Gasteiger partial charge >= 0.3 is 0 Å². The molecule has 0 spiro atoms. The van der Waals surface area contributed by atoms with Crippen molar-refractivity contribution in [2.24, 2.45) is 5.92 Å². The smallest absolute Gasteiger partial charge is 0.0897 e. The summed E-state index contributed by atoms with van der Waals surface area (Å²) in [5.41, 5.74) is 0. The largest absolute Gasteiger partial charge is 0.389 e. The van der Waals surface area contributed by atoms with Crippen molar-refractivity contribution in [2.75, 3.05) is 19.8 Å². The zero-order valence-electron chi connectivity index (χ0n) is 12.3. The van der Waals surface area contributed by atoms with Gasteiger partial charge in [0.2, 0.25) is 0 Å². The molecule has 110 valence electrons. The minimum Gasteiger partial charge on any atom is -0.389 e. The van der Waals surface area contributed by atoms with Crippen molar-refractivity contribution in [3.63, 3.8) is 0 Å². The van der Waals surface area contributed by atoms with Gasteiger partial charge in [0.1, 0.15) is 0 Å². The van der Waals surface area contributed by atoms with Gasteiger partial charge in [-0.05, 0) is 37.1 Å². The minimum atomic E-state index is -0.429. The predicted molar refractivity (Wildman–Crippen MR) is 81.6 cm³/mol. The maximum Gasteiger partial charge on any atom is 0.0897 e. The Morgan fingerprint density at radius 3 is 2.79 bits per heavy atom. The molecule has 0 aliphatic rings. The van der Waals surface area contributed by atoms with E-state index in [-0.39, 0.29) is 6.04 Å². The quantitative estimate of drug-likeness (QED) is 0.649. The molecule has 2 atom stereocenters. The average Bonchev–Trinajstić information content (AvgIpc) is 2.89. The van der Waals surface area contributed by atoms with Crippen molar-refractivity contribution in [1.82, 2.24) is 5.32 Å². The minimum absolute atomic E-state index is 0.288. The Morgan fingerprint density at radius 2 is 2.16 bits per heavy atom. The summed E-state index contributed by atoms with van der Waals surface area (Å²) in [5.74, 6) is 0.724. The second-order valence-electron chi connectivity index (χ2n) is 5.41. The van der Waals surface area contributed by atoms with Crippen molar-refractivity contribution in [3.05, 3.63) is 22.4 Å². The molecule has 1 aromatic rings. The van der Waals surface area contributed by atoms with E-state index < -0.39 is 6.10 Å². The highest BCUT2D eigenvalue weighted by atomic mass is 32.1. The molecule has 0 fully saturated rings. The molecule has 0 saturated carbocycles. The van der Waals surface area contributed by atoms with Gasteiger partial charge in [-0.1, -0.05) is 19.9 Å². The highest BCUT2D eigenvalue weighted by molar-refractivity contribution is 7.10. The third kappa shape index (κ3) is 7.67. The first-order chi connectivity index (χ1) is 9.09. The lowest BCUT2D eigenvalue weighted by Crippen LogP contribution is -2.32. The number of hydrogen-bond donors (Lipinski definition) is 2. The van der Waals surface area contributed by atoms with Gasteiger partial charge in [-0.25, -0.2) is 0 Å². The van der Waals surface area contributed by atoms with E-state index in [0.29, 0.717) is 13.2 Å². The van der Waals surface area contributed by atoms with Gasteiger partial charge in [-0.2, -0.15) is 0 Å². The molecule has 0 amide bonds. The van der Waals surface area contributed by atoms with E-state index >= 15 is 0 Å². The number of aliphatic hydroxyl groups excluding tert-OH is 1. The van der Waals surface area contributed by atoms with Crippen molar-refractivity contribution in [3.8, 4) is 0 Å². The summed E-state index contributed by atoms with van der Waals surface area (Å²) in [5, 5.41) is 15.2. The van der Waals surface area contributed by atoms with Crippen molar-refractivity contribution in [1.29, 1.82) is 0 Å². The van der Waals surface area contributed by atoms with Gasteiger partial charge in [0.05, 0.1) is 12.7 Å². The predicted octanol–water partition coefficient (Wildman–Crippen LogP) is 3.21. The van der Waals surface area contributed by atoms with Crippen LogP contribution in [0.2, 0.25) is 0 Å². The molecule has 19 heavy (non-hydrogen) atoms. The van der Waals surface area contributed by atoms with Crippen LogP contribution in [0.15, 0.2) is 17.5 Å². The maximum atomic E-state index is 9.82. The maximum absolute atomic E-state index is 9.82. The summed E-state index contributed by atoms with van der Waals surface area (Å²) in [6.07, 6.45) is 1.83. The van der Waals surface area contributed by atoms with Crippen LogP contribution in [0.25, 0.3) is 0 Å². The Balaban J connectivity index is 2.03. The van der Waals surface area contributed by atoms with Crippen LogP contribution in [0.4, 0.5) is 0 Å². The summed E-state index contributed by atoms with van der Waals surface area (Å²) >= 11 is 1.73. The van der Waals surface area contributed by atoms with Gasteiger partial charge in [0, 0.05) is 24.1 Å². The Kier molecular flexibility index (Phi) is 8.30. The molecular formula is C15H27NO2S. The fourth-order valence-corrected chi connectivity index (χ4v) is 2.58. The normalized spacial score (nSPS) is 14.8. The highest BCUT2D eigenvalue weighted by Gasteiger charge is 2.09. The third-order valence-electron chi connectivity index (χ3n) is 3.01. The fraction of sp³-hybridized carbons (Fsp3) is 0.733. The topological polar surface area (TPSA) is 41.5 Å². The molecule has 3 nitrogen and oxygen atoms in total. The van der Waals surface area contributed by atoms with E-state index in [2.05, 4.69) is 37.5 Å². The number of ether oxygens (including phenoxy) is 1. The van der Waals surface area contributed by atoms with Crippen LogP contribution in [0, 0.1) is 5.92 Å². The zero-order valence-corrected chi connectivity index (χ0v) is 13.1. The SMILES string of the molecule is CC(C)CCCOCC(O)CNC(C)c1cccs1. The van der Waals surface area contributed by atoms with E-state index in [4.69, 9.17) is 4.74 Å². The van der Waals surface area contributed by atoms with Gasteiger partial charge in [0.25, 0.3) is 0 Å². The van der Waals surface area contributed by atoms with Crippen LogP contribution in [-0.2, 0) is 4.74 Å². The molecule has 0 saturated heterocycles. The summed E-state index contributed by atoms with van der Waals surface area (Å²) in [4.78, 5) is 1.30. The summed E-state index contributed by atoms with van der Waals surface area (Å²) in [6.45, 7) is 8.28. The molecule has 0 bridgehead atoms. The van der Waals surface area contributed by atoms with Gasteiger partial charge in [-0.15, -0.1) is 11.3 Å². The van der Waals surface area contributed by atoms with Crippen LogP contribution in [0.3, 0.4) is 0 Å². The van der Waals surface area contributed by atoms with Crippen molar-refractivity contribution < 1.29 is 9.84 Å². The van der Waals surface area contributed by atoms with E-state index in [1.807, 2.05) is 6.07 Å². The van der Waals surface area contributed by atoms with E-state index in [9.17, 15) is 5.11 Å². The number of rotatable bonds is 10. The highest BCUT2D eigenvalue weighted by Crippen LogP contribution is 2.17. The second-order valence-corrected chi connectivity index (χ2v) is 6.39. The molecule has 0 radical (unpaired) electrons. The zero-order chi connectivity index (χ0) is 14.1. The van der Waals surface area contributed by atoms with Crippen molar-refractivity contribution in [2.45, 2.75) is 45.8 Å². The average molecular weight is 285 g/mol. The molecule has 1 aromatic heterocycles. The second kappa shape index (κ2) is 9.48. The number of hydrogen-bond acceptors (Lipinski definition) is 4. The number of aliphatic hydroxyl groups is 1. The summed E-state index contributed by atoms with van der Waals surface area (Å²) in [7, 11) is 0. The monoisotopic (exact) mass is 285 g/mol. The van der Waals surface area contributed by atoms with Crippen LogP contribution in [-0.4, -0.2) is 31.0 Å². The standard InChI is InChI=1S/C15H27NO2S/c1-12(2)6-4-8-18-11-14(17)10-16-13(3)15-7-5-9-19-15/h5,7,9,12-14,16-17H,4,6,8,10-11H2,1-3H3. The van der Waals surface area contributed by atoms with Crippen LogP contribution in [0.5, 0.6) is 0 Å². The van der Waals surface area contributed by atoms with Crippen LogP contribution in [0.1, 0.15) is 44.5 Å². The first-order valence-electron chi connectivity index (χ1n) is 7.12. The molecular weight excluding hydrogens is 258 g/mol. The van der Waals surface area contributed by atoms with E-state index in [1.54, 1.807) is 11.3 Å². The molecule has 2 unspecified atom stereocenters. The first kappa shape index (κ1) is 16.6. The van der Waals surface area contributed by atoms with E-state index in [0.717, 1.165) is 18.9 Å². The lowest BCUT2D eigenvalue weighted by Gasteiger charge is -2.16. The van der Waals surface area contributed by atoms with Gasteiger partial charge in [-0.3, -0.25) is 0 Å². The molecule has 1 rings (SSSR count). The van der Waals surface area contributed by atoms with Crippen LogP contribution >= 0.6 is 11.3 Å². The molecule has 1 heterocycles. The van der Waals surface area contributed by atoms with Crippen LogP contribution < -0.4 is 5.32 Å². The van der Waals surface area contributed by atoms with Gasteiger partial charge < -0.3 is 15.2 Å². The molecule has 0 aliphatic heterocycles. The Labute approximate surface area is 121 Å². The third-order valence-corrected chi connectivity index (χ3v) is 4.07. The summed E-state index contributed by atoms with van der Waals surface area (Å²) in [6, 6.07) is 4.44. The molecule has 0 aromatic carbocycles. The van der Waals surface area contributed by atoms with Gasteiger partial charge in [0.15, 0.2) is 0 Å². The molecule has 2 N–H and O–H groups in total. The summed E-state index contributed by atoms with van der Waals surface area (Å²) < 4.78 is 5.48. The lowest BCUT2D eigenvalue weighted by atomic mass is 10.1.